The molecule has 1 heterocycles. The first-order chi connectivity index (χ1) is 28.0. The molecule has 0 saturated heterocycles. The van der Waals surface area contributed by atoms with E-state index in [0.29, 0.717) is 0 Å². The quantitative estimate of drug-likeness (QED) is 0.164. The Morgan fingerprint density at radius 3 is 1.88 bits per heavy atom. The van der Waals surface area contributed by atoms with Gasteiger partial charge in [0.15, 0.2) is 0 Å². The van der Waals surface area contributed by atoms with Crippen molar-refractivity contribution in [3.05, 3.63) is 211 Å². The van der Waals surface area contributed by atoms with E-state index in [9.17, 15) is 0 Å². The van der Waals surface area contributed by atoms with Crippen LogP contribution in [0.25, 0.3) is 75.5 Å². The molecular formula is C55H39NS. The van der Waals surface area contributed by atoms with Gasteiger partial charge >= 0.3 is 0 Å². The van der Waals surface area contributed by atoms with Crippen molar-refractivity contribution < 1.29 is 0 Å². The third-order valence-electron chi connectivity index (χ3n) is 12.1. The van der Waals surface area contributed by atoms with Crippen molar-refractivity contribution in [2.75, 3.05) is 4.90 Å². The minimum absolute atomic E-state index is 0.138. The topological polar surface area (TPSA) is 3.24 Å². The van der Waals surface area contributed by atoms with E-state index in [1.807, 2.05) is 11.3 Å². The van der Waals surface area contributed by atoms with Gasteiger partial charge in [0.1, 0.15) is 0 Å². The predicted octanol–water partition coefficient (Wildman–Crippen LogP) is 16.0. The van der Waals surface area contributed by atoms with Gasteiger partial charge in [-0.2, -0.15) is 0 Å². The first-order valence-electron chi connectivity index (χ1n) is 19.8. The Balaban J connectivity index is 1.22. The summed E-state index contributed by atoms with van der Waals surface area (Å²) in [5.41, 5.74) is 16.0. The summed E-state index contributed by atoms with van der Waals surface area (Å²) in [6.07, 6.45) is 0. The highest BCUT2D eigenvalue weighted by molar-refractivity contribution is 7.26. The number of hydrogen-bond donors (Lipinski definition) is 0. The molecule has 1 aromatic heterocycles. The fourth-order valence-corrected chi connectivity index (χ4v) is 10.6. The normalized spacial score (nSPS) is 12.9. The molecule has 11 rings (SSSR count). The Kier molecular flexibility index (Phi) is 7.77. The van der Waals surface area contributed by atoms with Crippen LogP contribution in [-0.2, 0) is 5.41 Å². The Bertz CT molecular complexity index is 3150. The molecular weight excluding hydrogens is 707 g/mol. The lowest BCUT2D eigenvalue weighted by Gasteiger charge is -2.31. The second-order valence-electron chi connectivity index (χ2n) is 15.7. The van der Waals surface area contributed by atoms with Crippen LogP contribution in [0.3, 0.4) is 0 Å². The van der Waals surface area contributed by atoms with E-state index in [1.54, 1.807) is 0 Å². The molecule has 0 spiro atoms. The van der Waals surface area contributed by atoms with Gasteiger partial charge in [0, 0.05) is 48.1 Å². The van der Waals surface area contributed by atoms with Crippen molar-refractivity contribution in [3.63, 3.8) is 0 Å². The smallest absolute Gasteiger partial charge is 0.0546 e. The molecule has 1 aliphatic carbocycles. The largest absolute Gasteiger partial charge is 0.310 e. The lowest BCUT2D eigenvalue weighted by molar-refractivity contribution is 0.660. The van der Waals surface area contributed by atoms with Crippen molar-refractivity contribution in [2.24, 2.45) is 0 Å². The highest BCUT2D eigenvalue weighted by Crippen LogP contribution is 2.53. The summed E-state index contributed by atoms with van der Waals surface area (Å²) in [5.74, 6) is 0. The van der Waals surface area contributed by atoms with Gasteiger partial charge in [0.05, 0.1) is 5.69 Å². The Morgan fingerprint density at radius 2 is 1.00 bits per heavy atom. The van der Waals surface area contributed by atoms with Crippen LogP contribution in [0.15, 0.2) is 200 Å². The zero-order valence-electron chi connectivity index (χ0n) is 31.9. The van der Waals surface area contributed by atoms with Gasteiger partial charge in [0.2, 0.25) is 0 Å². The van der Waals surface area contributed by atoms with Crippen LogP contribution in [-0.4, -0.2) is 0 Å². The van der Waals surface area contributed by atoms with Crippen molar-refractivity contribution >= 4 is 59.3 Å². The first-order valence-corrected chi connectivity index (χ1v) is 20.6. The second kappa shape index (κ2) is 13.2. The van der Waals surface area contributed by atoms with Gasteiger partial charge in [-0.3, -0.25) is 0 Å². The highest BCUT2D eigenvalue weighted by atomic mass is 32.1. The summed E-state index contributed by atoms with van der Waals surface area (Å²) >= 11 is 1.89. The molecule has 0 radical (unpaired) electrons. The van der Waals surface area contributed by atoms with E-state index >= 15 is 0 Å². The van der Waals surface area contributed by atoms with E-state index in [4.69, 9.17) is 0 Å². The number of fused-ring (bicyclic) bond motifs is 7. The van der Waals surface area contributed by atoms with Crippen molar-refractivity contribution in [1.82, 2.24) is 0 Å². The maximum Gasteiger partial charge on any atom is 0.0546 e. The highest BCUT2D eigenvalue weighted by Gasteiger charge is 2.36. The van der Waals surface area contributed by atoms with Crippen molar-refractivity contribution in [1.29, 1.82) is 0 Å². The molecule has 0 N–H and O–H groups in total. The molecule has 0 fully saturated rings. The molecule has 0 saturated carbocycles. The SMILES string of the molecule is CC1(C)c2ccccc2-c2ccc(N(c3ccc(-c4ccccc4)cc3)c3cccc(-c4cccc5ccccc45)c3-c3cccc4c3sc3ccccc34)cc21. The molecule has 9 aromatic carbocycles. The van der Waals surface area contributed by atoms with Crippen LogP contribution < -0.4 is 4.90 Å². The number of anilines is 3. The first kappa shape index (κ1) is 33.6. The molecule has 270 valence electrons. The van der Waals surface area contributed by atoms with Crippen LogP contribution >= 0.6 is 11.3 Å². The van der Waals surface area contributed by atoms with Crippen LogP contribution in [0.1, 0.15) is 25.0 Å². The molecule has 0 unspecified atom stereocenters. The number of rotatable bonds is 6. The third-order valence-corrected chi connectivity index (χ3v) is 13.3. The van der Waals surface area contributed by atoms with E-state index in [-0.39, 0.29) is 5.41 Å². The van der Waals surface area contributed by atoms with Crippen LogP contribution in [0.2, 0.25) is 0 Å². The molecule has 10 aromatic rings. The number of thiophene rings is 1. The monoisotopic (exact) mass is 745 g/mol. The minimum atomic E-state index is -0.138. The van der Waals surface area contributed by atoms with Crippen LogP contribution in [0.4, 0.5) is 17.1 Å². The molecule has 57 heavy (non-hydrogen) atoms. The summed E-state index contributed by atoms with van der Waals surface area (Å²) in [4.78, 5) is 2.50. The van der Waals surface area contributed by atoms with Gasteiger partial charge in [-0.15, -0.1) is 11.3 Å². The summed E-state index contributed by atoms with van der Waals surface area (Å²) in [6.45, 7) is 4.74. The molecule has 1 aliphatic rings. The number of hydrogen-bond acceptors (Lipinski definition) is 2. The van der Waals surface area contributed by atoms with Gasteiger partial charge < -0.3 is 4.90 Å². The average molecular weight is 746 g/mol. The maximum absolute atomic E-state index is 2.50. The second-order valence-corrected chi connectivity index (χ2v) is 16.7. The lowest BCUT2D eigenvalue weighted by atomic mass is 9.82. The van der Waals surface area contributed by atoms with Crippen molar-refractivity contribution in [2.45, 2.75) is 19.3 Å². The maximum atomic E-state index is 2.50. The summed E-state index contributed by atoms with van der Waals surface area (Å²) in [7, 11) is 0. The van der Waals surface area contributed by atoms with Gasteiger partial charge in [0.25, 0.3) is 0 Å². The van der Waals surface area contributed by atoms with Gasteiger partial charge in [-0.05, 0) is 91.7 Å². The van der Waals surface area contributed by atoms with Crippen LogP contribution in [0, 0.1) is 0 Å². The Labute approximate surface area is 337 Å². The summed E-state index contributed by atoms with van der Waals surface area (Å²) in [6, 6.07) is 74.0. The van der Waals surface area contributed by atoms with Crippen molar-refractivity contribution in [3.8, 4) is 44.5 Å². The van der Waals surface area contributed by atoms with E-state index in [1.165, 1.54) is 86.6 Å². The molecule has 0 bridgehead atoms. The Morgan fingerprint density at radius 1 is 0.404 bits per heavy atom. The molecule has 0 amide bonds. The lowest BCUT2D eigenvalue weighted by Crippen LogP contribution is -2.17. The van der Waals surface area contributed by atoms with E-state index in [0.717, 1.165) is 17.1 Å². The Hall–Kier alpha value is -6.74. The van der Waals surface area contributed by atoms with Crippen LogP contribution in [0.5, 0.6) is 0 Å². The van der Waals surface area contributed by atoms with E-state index in [2.05, 4.69) is 219 Å². The predicted molar refractivity (Wildman–Crippen MR) is 245 cm³/mol. The fourth-order valence-electron chi connectivity index (χ4n) is 9.33. The fraction of sp³-hybridized carbons (Fsp3) is 0.0545. The van der Waals surface area contributed by atoms with E-state index < -0.39 is 0 Å². The summed E-state index contributed by atoms with van der Waals surface area (Å²) < 4.78 is 2.61. The molecule has 0 atom stereocenters. The standard InChI is InChI=1S/C55H39NS/c1-55(2)49-26-10-8-20-43(49)44-34-33-40(35-50(44)55)56(39-31-29-37(30-32-39)36-15-4-3-5-16-36)51-27-14-23-46(42-22-12-18-38-17-6-7-19-41(38)42)53(51)48-25-13-24-47-45-21-9-11-28-52(45)57-54(47)48/h3-35H,1-2H3. The third kappa shape index (κ3) is 5.36. The van der Waals surface area contributed by atoms with Gasteiger partial charge in [-0.1, -0.05) is 178 Å². The molecule has 1 nitrogen and oxygen atoms in total. The average Bonchev–Trinajstić information content (AvgIpc) is 3.76. The summed E-state index contributed by atoms with van der Waals surface area (Å²) in [5, 5.41) is 5.08. The number of nitrogens with zero attached hydrogens (tertiary/aromatic N) is 1. The van der Waals surface area contributed by atoms with Gasteiger partial charge in [-0.25, -0.2) is 0 Å². The zero-order chi connectivity index (χ0) is 38.1. The molecule has 0 aliphatic heterocycles. The minimum Gasteiger partial charge on any atom is -0.310 e. The zero-order valence-corrected chi connectivity index (χ0v) is 32.7. The number of benzene rings is 9. The molecule has 2 heteroatoms.